The number of nitrogens with one attached hydrogen (secondary N) is 1. The lowest BCUT2D eigenvalue weighted by molar-refractivity contribution is -0.125. The van der Waals surface area contributed by atoms with Gasteiger partial charge in [-0.15, -0.1) is 11.3 Å². The molecule has 8 nitrogen and oxygen atoms in total. The fraction of sp³-hybridized carbons (Fsp3) is 0.286. The molecule has 1 aliphatic carbocycles. The first-order chi connectivity index (χ1) is 17.9. The summed E-state index contributed by atoms with van der Waals surface area (Å²) in [6.07, 6.45) is 6.25. The zero-order chi connectivity index (χ0) is 25.6. The molecule has 1 aliphatic heterocycles. The number of imidazole rings is 1. The van der Waals surface area contributed by atoms with Crippen LogP contribution >= 0.6 is 11.3 Å². The number of nitrogen functional groups attached to an aromatic ring is 1. The molecule has 188 valence electrons. The first-order valence-corrected chi connectivity index (χ1v) is 13.2. The molecular formula is C28H28N6O2S. The number of likely N-dealkylation sites (tertiary alicyclic amines) is 1. The van der Waals surface area contributed by atoms with Crippen molar-refractivity contribution < 1.29 is 9.59 Å². The van der Waals surface area contributed by atoms with Crippen LogP contribution in [0.4, 0.5) is 11.8 Å². The Morgan fingerprint density at radius 3 is 2.86 bits per heavy atom. The molecule has 2 fully saturated rings. The van der Waals surface area contributed by atoms with E-state index in [-0.39, 0.29) is 17.2 Å². The number of fused-ring (bicyclic) bond motifs is 1. The maximum absolute atomic E-state index is 13.2. The van der Waals surface area contributed by atoms with E-state index in [0.29, 0.717) is 22.6 Å². The molecule has 37 heavy (non-hydrogen) atoms. The SMILES string of the molecule is C=CC(=O)N1CCC2(CC(Cn3c(NC(=O)c4ccc(-c5ccnc(N)c5)s4)nc4ccccc43)C2)C1. The number of pyridine rings is 1. The second-order valence-electron chi connectivity index (χ2n) is 10.1. The van der Waals surface area contributed by atoms with Crippen molar-refractivity contribution in [3.05, 3.63) is 72.3 Å². The van der Waals surface area contributed by atoms with Gasteiger partial charge in [0.1, 0.15) is 5.82 Å². The van der Waals surface area contributed by atoms with Gasteiger partial charge in [0.2, 0.25) is 11.9 Å². The number of hydrogen-bond donors (Lipinski definition) is 2. The molecule has 3 aromatic heterocycles. The van der Waals surface area contributed by atoms with Crippen molar-refractivity contribution >= 4 is 46.0 Å². The smallest absolute Gasteiger partial charge is 0.268 e. The van der Waals surface area contributed by atoms with Gasteiger partial charge in [0.05, 0.1) is 15.9 Å². The summed E-state index contributed by atoms with van der Waals surface area (Å²) in [6.45, 7) is 6.02. The maximum atomic E-state index is 13.2. The molecule has 0 radical (unpaired) electrons. The van der Waals surface area contributed by atoms with E-state index in [1.54, 1.807) is 12.3 Å². The first kappa shape index (κ1) is 23.4. The average molecular weight is 513 g/mol. The fourth-order valence-corrected chi connectivity index (χ4v) is 6.77. The predicted octanol–water partition coefficient (Wildman–Crippen LogP) is 4.81. The number of aromatic nitrogens is 3. The fourth-order valence-electron chi connectivity index (χ4n) is 5.87. The zero-order valence-corrected chi connectivity index (χ0v) is 21.2. The van der Waals surface area contributed by atoms with Crippen molar-refractivity contribution in [1.82, 2.24) is 19.4 Å². The number of carbonyl (C=O) groups is 2. The number of anilines is 2. The van der Waals surface area contributed by atoms with Crippen LogP contribution in [0.2, 0.25) is 0 Å². The van der Waals surface area contributed by atoms with Gasteiger partial charge in [-0.3, -0.25) is 14.9 Å². The summed E-state index contributed by atoms with van der Waals surface area (Å²) in [5.41, 5.74) is 8.83. The number of amides is 2. The van der Waals surface area contributed by atoms with Gasteiger partial charge in [0, 0.05) is 30.7 Å². The molecule has 4 aromatic rings. The van der Waals surface area contributed by atoms with Gasteiger partial charge in [0.25, 0.3) is 5.91 Å². The second-order valence-corrected chi connectivity index (χ2v) is 11.2. The quantitative estimate of drug-likeness (QED) is 0.361. The van der Waals surface area contributed by atoms with E-state index in [4.69, 9.17) is 10.7 Å². The number of nitrogens with two attached hydrogens (primary N) is 1. The maximum Gasteiger partial charge on any atom is 0.268 e. The van der Waals surface area contributed by atoms with Crippen molar-refractivity contribution in [2.24, 2.45) is 11.3 Å². The summed E-state index contributed by atoms with van der Waals surface area (Å²) in [5, 5.41) is 3.06. The normalized spacial score (nSPS) is 20.8. The van der Waals surface area contributed by atoms with Crippen LogP contribution in [0.5, 0.6) is 0 Å². The van der Waals surface area contributed by atoms with Crippen molar-refractivity contribution in [3.63, 3.8) is 0 Å². The Morgan fingerprint density at radius 2 is 2.05 bits per heavy atom. The van der Waals surface area contributed by atoms with Crippen molar-refractivity contribution in [1.29, 1.82) is 0 Å². The van der Waals surface area contributed by atoms with Crippen LogP contribution in [0.25, 0.3) is 21.5 Å². The van der Waals surface area contributed by atoms with Crippen LogP contribution in [-0.2, 0) is 11.3 Å². The highest BCUT2D eigenvalue weighted by molar-refractivity contribution is 7.17. The Kier molecular flexibility index (Phi) is 5.79. The number of rotatable bonds is 6. The molecule has 9 heteroatoms. The Balaban J connectivity index is 1.19. The summed E-state index contributed by atoms with van der Waals surface area (Å²) in [7, 11) is 0. The van der Waals surface area contributed by atoms with E-state index < -0.39 is 0 Å². The van der Waals surface area contributed by atoms with Gasteiger partial charge < -0.3 is 15.2 Å². The van der Waals surface area contributed by atoms with Crippen LogP contribution in [0.3, 0.4) is 0 Å². The van der Waals surface area contributed by atoms with Crippen LogP contribution < -0.4 is 11.1 Å². The molecule has 2 amide bonds. The highest BCUT2D eigenvalue weighted by Gasteiger charge is 2.49. The van der Waals surface area contributed by atoms with Gasteiger partial charge in [-0.2, -0.15) is 0 Å². The minimum absolute atomic E-state index is 0.0232. The van der Waals surface area contributed by atoms with Crippen LogP contribution in [0.1, 0.15) is 28.9 Å². The number of para-hydroxylation sites is 2. The molecule has 1 saturated carbocycles. The lowest BCUT2D eigenvalue weighted by Crippen LogP contribution is -2.42. The number of benzene rings is 1. The Morgan fingerprint density at radius 1 is 1.22 bits per heavy atom. The first-order valence-electron chi connectivity index (χ1n) is 12.4. The largest absolute Gasteiger partial charge is 0.384 e. The zero-order valence-electron chi connectivity index (χ0n) is 20.4. The second kappa shape index (κ2) is 9.15. The summed E-state index contributed by atoms with van der Waals surface area (Å²) < 4.78 is 2.13. The number of hydrogen-bond acceptors (Lipinski definition) is 6. The summed E-state index contributed by atoms with van der Waals surface area (Å²) in [6, 6.07) is 15.4. The highest BCUT2D eigenvalue weighted by Crippen LogP contribution is 2.52. The molecule has 1 saturated heterocycles. The summed E-state index contributed by atoms with van der Waals surface area (Å²) >= 11 is 1.41. The van der Waals surface area contributed by atoms with Crippen LogP contribution in [0.15, 0.2) is 67.4 Å². The van der Waals surface area contributed by atoms with E-state index in [0.717, 1.165) is 60.4 Å². The predicted molar refractivity (Wildman–Crippen MR) is 146 cm³/mol. The van der Waals surface area contributed by atoms with E-state index in [1.165, 1.54) is 17.4 Å². The third kappa shape index (κ3) is 4.40. The van der Waals surface area contributed by atoms with Gasteiger partial charge in [-0.05, 0) is 78.6 Å². The monoisotopic (exact) mass is 512 g/mol. The summed E-state index contributed by atoms with van der Waals surface area (Å²) in [5.74, 6) is 1.31. The van der Waals surface area contributed by atoms with E-state index in [2.05, 4.69) is 21.4 Å². The van der Waals surface area contributed by atoms with E-state index in [1.807, 2.05) is 47.4 Å². The van der Waals surface area contributed by atoms with Gasteiger partial charge in [0.15, 0.2) is 0 Å². The standard InChI is InChI=1S/C28H28N6O2S/c1-2-25(35)33-12-10-28(17-33)14-18(15-28)16-34-21-6-4-3-5-20(21)31-27(34)32-26(36)23-8-7-22(37-23)19-9-11-30-24(29)13-19/h2-9,11,13,18H,1,10,12,14-17H2,(H2,29,30)(H,31,32,36). The number of thiophene rings is 1. The molecule has 0 bridgehead atoms. The molecular weight excluding hydrogens is 484 g/mol. The Bertz CT molecular complexity index is 1520. The number of nitrogens with zero attached hydrogens (tertiary/aromatic N) is 4. The average Bonchev–Trinajstić information content (AvgIpc) is 3.62. The molecule has 0 atom stereocenters. The van der Waals surface area contributed by atoms with E-state index in [9.17, 15) is 9.59 Å². The lowest BCUT2D eigenvalue weighted by atomic mass is 9.61. The van der Waals surface area contributed by atoms with Gasteiger partial charge in [-0.1, -0.05) is 18.7 Å². The van der Waals surface area contributed by atoms with Gasteiger partial charge >= 0.3 is 0 Å². The number of carbonyl (C=O) groups excluding carboxylic acids is 2. The van der Waals surface area contributed by atoms with Crippen molar-refractivity contribution in [2.45, 2.75) is 25.8 Å². The van der Waals surface area contributed by atoms with Crippen molar-refractivity contribution in [3.8, 4) is 10.4 Å². The summed E-state index contributed by atoms with van der Waals surface area (Å²) in [4.78, 5) is 37.5. The minimum atomic E-state index is -0.186. The Hall–Kier alpha value is -3.98. The minimum Gasteiger partial charge on any atom is -0.384 e. The molecule has 0 unspecified atom stereocenters. The highest BCUT2D eigenvalue weighted by atomic mass is 32.1. The molecule has 6 rings (SSSR count). The van der Waals surface area contributed by atoms with Gasteiger partial charge in [-0.25, -0.2) is 9.97 Å². The van der Waals surface area contributed by atoms with Crippen LogP contribution in [0, 0.1) is 11.3 Å². The van der Waals surface area contributed by atoms with Crippen molar-refractivity contribution in [2.75, 3.05) is 24.1 Å². The molecule has 1 aromatic carbocycles. The Labute approximate surface area is 218 Å². The van der Waals surface area contributed by atoms with Crippen LogP contribution in [-0.4, -0.2) is 44.3 Å². The third-order valence-corrected chi connectivity index (χ3v) is 8.72. The molecule has 1 spiro atoms. The molecule has 2 aliphatic rings. The topological polar surface area (TPSA) is 106 Å². The van der Waals surface area contributed by atoms with E-state index >= 15 is 0 Å². The lowest BCUT2D eigenvalue weighted by Gasteiger charge is -2.45. The third-order valence-electron chi connectivity index (χ3n) is 7.58. The molecule has 3 N–H and O–H groups in total. The molecule has 4 heterocycles.